The third kappa shape index (κ3) is 3.55. The fourth-order valence-corrected chi connectivity index (χ4v) is 1.79. The number of hydrogen-bond acceptors (Lipinski definition) is 2. The van der Waals surface area contributed by atoms with Gasteiger partial charge in [-0.15, -0.1) is 0 Å². The number of hydrogen-bond donors (Lipinski definition) is 2. The van der Waals surface area contributed by atoms with Crippen molar-refractivity contribution in [2.24, 2.45) is 5.73 Å². The van der Waals surface area contributed by atoms with Crippen LogP contribution in [0.2, 0.25) is 0 Å². The van der Waals surface area contributed by atoms with E-state index in [0.717, 1.165) is 5.56 Å². The maximum absolute atomic E-state index is 13.3. The van der Waals surface area contributed by atoms with Crippen LogP contribution < -0.4 is 5.73 Å². The number of benzene rings is 1. The van der Waals surface area contributed by atoms with Gasteiger partial charge in [0.2, 0.25) is 0 Å². The molecule has 0 spiro atoms. The Balaban J connectivity index is 2.87. The van der Waals surface area contributed by atoms with Crippen LogP contribution in [0.15, 0.2) is 22.7 Å². The molecule has 0 bridgehead atoms. The first kappa shape index (κ1) is 12.6. The quantitative estimate of drug-likeness (QED) is 0.887. The highest BCUT2D eigenvalue weighted by atomic mass is 79.9. The second-order valence-electron chi connectivity index (χ2n) is 3.69. The van der Waals surface area contributed by atoms with Crippen molar-refractivity contribution >= 4 is 15.9 Å². The smallest absolute Gasteiger partial charge is 0.137 e. The Bertz CT molecular complexity index is 330. The molecule has 1 rings (SSSR count). The van der Waals surface area contributed by atoms with E-state index in [1.807, 2.05) is 6.07 Å². The van der Waals surface area contributed by atoms with Crippen LogP contribution in [0.4, 0.5) is 4.39 Å². The molecule has 2 nitrogen and oxygen atoms in total. The lowest BCUT2D eigenvalue weighted by Crippen LogP contribution is -2.17. The van der Waals surface area contributed by atoms with Gasteiger partial charge >= 0.3 is 0 Å². The Morgan fingerprint density at radius 2 is 2.20 bits per heavy atom. The van der Waals surface area contributed by atoms with E-state index in [4.69, 9.17) is 5.73 Å². The molecule has 0 amide bonds. The summed E-state index contributed by atoms with van der Waals surface area (Å²) in [6, 6.07) is 4.95. The first-order valence-corrected chi connectivity index (χ1v) is 5.67. The zero-order chi connectivity index (χ0) is 11.4. The molecular formula is C11H15BrFNO. The predicted octanol–water partition coefficient (Wildman–Crippen LogP) is 2.40. The SMILES string of the molecule is CC(O)CC(CN)c1ccc(Br)c(F)c1. The second-order valence-corrected chi connectivity index (χ2v) is 4.55. The van der Waals surface area contributed by atoms with Gasteiger partial charge in [0.05, 0.1) is 10.6 Å². The van der Waals surface area contributed by atoms with Crippen LogP contribution in [-0.2, 0) is 0 Å². The molecular weight excluding hydrogens is 261 g/mol. The Labute approximate surface area is 97.4 Å². The van der Waals surface area contributed by atoms with E-state index in [2.05, 4.69) is 15.9 Å². The van der Waals surface area contributed by atoms with Gasteiger partial charge in [0, 0.05) is 0 Å². The summed E-state index contributed by atoms with van der Waals surface area (Å²) in [5.41, 5.74) is 6.43. The molecule has 0 aliphatic carbocycles. The van der Waals surface area contributed by atoms with Crippen LogP contribution in [0.1, 0.15) is 24.8 Å². The molecule has 2 atom stereocenters. The van der Waals surface area contributed by atoms with Crippen LogP contribution in [-0.4, -0.2) is 17.8 Å². The summed E-state index contributed by atoms with van der Waals surface area (Å²) >= 11 is 3.10. The van der Waals surface area contributed by atoms with E-state index in [1.165, 1.54) is 6.07 Å². The summed E-state index contributed by atoms with van der Waals surface area (Å²) in [4.78, 5) is 0. The number of aliphatic hydroxyl groups is 1. The lowest BCUT2D eigenvalue weighted by atomic mass is 9.93. The maximum atomic E-state index is 13.3. The van der Waals surface area contributed by atoms with Gasteiger partial charge in [-0.1, -0.05) is 6.07 Å². The number of nitrogens with two attached hydrogens (primary N) is 1. The molecule has 0 saturated carbocycles. The first-order valence-electron chi connectivity index (χ1n) is 4.87. The maximum Gasteiger partial charge on any atom is 0.137 e. The van der Waals surface area contributed by atoms with E-state index >= 15 is 0 Å². The summed E-state index contributed by atoms with van der Waals surface area (Å²) in [5, 5.41) is 9.28. The largest absolute Gasteiger partial charge is 0.393 e. The van der Waals surface area contributed by atoms with Crippen LogP contribution in [0.25, 0.3) is 0 Å². The van der Waals surface area contributed by atoms with Gasteiger partial charge in [-0.05, 0) is 59.4 Å². The molecule has 0 fully saturated rings. The van der Waals surface area contributed by atoms with Crippen LogP contribution in [0.3, 0.4) is 0 Å². The Kier molecular flexibility index (Phi) is 4.70. The van der Waals surface area contributed by atoms with Crippen molar-refractivity contribution in [3.8, 4) is 0 Å². The minimum Gasteiger partial charge on any atom is -0.393 e. The lowest BCUT2D eigenvalue weighted by Gasteiger charge is -2.17. The average molecular weight is 276 g/mol. The van der Waals surface area contributed by atoms with Gasteiger partial charge in [0.1, 0.15) is 5.82 Å². The molecule has 0 aromatic heterocycles. The summed E-state index contributed by atoms with van der Waals surface area (Å²) in [7, 11) is 0. The molecule has 0 aliphatic heterocycles. The highest BCUT2D eigenvalue weighted by Gasteiger charge is 2.13. The fraction of sp³-hybridized carbons (Fsp3) is 0.455. The van der Waals surface area contributed by atoms with Crippen molar-refractivity contribution in [1.82, 2.24) is 0 Å². The number of rotatable bonds is 4. The summed E-state index contributed by atoms with van der Waals surface area (Å²) < 4.78 is 13.7. The lowest BCUT2D eigenvalue weighted by molar-refractivity contribution is 0.175. The van der Waals surface area contributed by atoms with Crippen molar-refractivity contribution in [3.63, 3.8) is 0 Å². The van der Waals surface area contributed by atoms with Gasteiger partial charge in [0.25, 0.3) is 0 Å². The summed E-state index contributed by atoms with van der Waals surface area (Å²) in [6.07, 6.45) is 0.127. The normalized spacial score (nSPS) is 15.0. The van der Waals surface area contributed by atoms with Crippen molar-refractivity contribution < 1.29 is 9.50 Å². The van der Waals surface area contributed by atoms with Crippen LogP contribution >= 0.6 is 15.9 Å². The van der Waals surface area contributed by atoms with E-state index < -0.39 is 6.10 Å². The Morgan fingerprint density at radius 3 is 2.67 bits per heavy atom. The molecule has 84 valence electrons. The zero-order valence-corrected chi connectivity index (χ0v) is 10.2. The molecule has 3 N–H and O–H groups in total. The molecule has 0 heterocycles. The zero-order valence-electron chi connectivity index (χ0n) is 8.58. The standard InChI is InChI=1S/C11H15BrFNO/c1-7(15)4-9(6-14)8-2-3-10(12)11(13)5-8/h2-3,5,7,9,15H,4,6,14H2,1H3. The van der Waals surface area contributed by atoms with Gasteiger partial charge in [0.15, 0.2) is 0 Å². The van der Waals surface area contributed by atoms with E-state index in [0.29, 0.717) is 17.4 Å². The van der Waals surface area contributed by atoms with Gasteiger partial charge in [-0.2, -0.15) is 0 Å². The van der Waals surface area contributed by atoms with E-state index in [1.54, 1.807) is 13.0 Å². The average Bonchev–Trinajstić information content (AvgIpc) is 2.18. The Morgan fingerprint density at radius 1 is 1.53 bits per heavy atom. The number of halogens is 2. The Hall–Kier alpha value is -0.450. The number of aliphatic hydroxyl groups excluding tert-OH is 1. The molecule has 4 heteroatoms. The summed E-state index contributed by atoms with van der Waals surface area (Å²) in [5.74, 6) is -0.288. The van der Waals surface area contributed by atoms with Crippen LogP contribution in [0, 0.1) is 5.82 Å². The minimum absolute atomic E-state index is 0.00704. The second kappa shape index (κ2) is 5.58. The van der Waals surface area contributed by atoms with Gasteiger partial charge < -0.3 is 10.8 Å². The molecule has 15 heavy (non-hydrogen) atoms. The molecule has 2 unspecified atom stereocenters. The van der Waals surface area contributed by atoms with Crippen molar-refractivity contribution in [2.45, 2.75) is 25.4 Å². The predicted molar refractivity (Wildman–Crippen MR) is 62.2 cm³/mol. The first-order chi connectivity index (χ1) is 7.04. The van der Waals surface area contributed by atoms with Crippen LogP contribution in [0.5, 0.6) is 0 Å². The molecule has 0 radical (unpaired) electrons. The fourth-order valence-electron chi connectivity index (χ4n) is 1.55. The highest BCUT2D eigenvalue weighted by molar-refractivity contribution is 9.10. The van der Waals surface area contributed by atoms with Crippen molar-refractivity contribution in [2.75, 3.05) is 6.54 Å². The molecule has 0 aliphatic rings. The minimum atomic E-state index is -0.426. The molecule has 1 aromatic rings. The topological polar surface area (TPSA) is 46.2 Å². The van der Waals surface area contributed by atoms with Gasteiger partial charge in [-0.25, -0.2) is 4.39 Å². The third-order valence-corrected chi connectivity index (χ3v) is 2.97. The van der Waals surface area contributed by atoms with E-state index in [-0.39, 0.29) is 11.7 Å². The highest BCUT2D eigenvalue weighted by Crippen LogP contribution is 2.24. The van der Waals surface area contributed by atoms with Crippen molar-refractivity contribution in [3.05, 3.63) is 34.1 Å². The monoisotopic (exact) mass is 275 g/mol. The van der Waals surface area contributed by atoms with E-state index in [9.17, 15) is 9.50 Å². The van der Waals surface area contributed by atoms with Crippen molar-refractivity contribution in [1.29, 1.82) is 0 Å². The molecule has 0 saturated heterocycles. The summed E-state index contributed by atoms with van der Waals surface area (Å²) in [6.45, 7) is 2.11. The molecule has 1 aromatic carbocycles. The van der Waals surface area contributed by atoms with Gasteiger partial charge in [-0.3, -0.25) is 0 Å². The third-order valence-electron chi connectivity index (χ3n) is 2.33.